The van der Waals surface area contributed by atoms with E-state index in [1.54, 1.807) is 7.11 Å². The highest BCUT2D eigenvalue weighted by molar-refractivity contribution is 5.77. The molecule has 166 valence electrons. The fourth-order valence-electron chi connectivity index (χ4n) is 5.14. The van der Waals surface area contributed by atoms with Gasteiger partial charge in [0, 0.05) is 57.5 Å². The third kappa shape index (κ3) is 5.45. The van der Waals surface area contributed by atoms with Crippen LogP contribution in [0, 0.1) is 0 Å². The molecule has 0 N–H and O–H groups in total. The van der Waals surface area contributed by atoms with E-state index in [-0.39, 0.29) is 0 Å². The number of rotatable bonds is 7. The molecule has 1 aromatic carbocycles. The first-order valence-corrected chi connectivity index (χ1v) is 11.7. The third-order valence-electron chi connectivity index (χ3n) is 7.12. The molecule has 2 aromatic rings. The zero-order chi connectivity index (χ0) is 21.6. The zero-order valence-electron chi connectivity index (χ0n) is 18.9. The summed E-state index contributed by atoms with van der Waals surface area (Å²) in [4.78, 5) is 22.1. The molecule has 0 radical (unpaired) electrons. The average Bonchev–Trinajstić information content (AvgIpc) is 2.83. The van der Waals surface area contributed by atoms with Crippen LogP contribution in [0.15, 0.2) is 42.6 Å². The van der Waals surface area contributed by atoms with E-state index in [4.69, 9.17) is 4.74 Å². The van der Waals surface area contributed by atoms with Crippen molar-refractivity contribution in [2.75, 3.05) is 33.8 Å². The van der Waals surface area contributed by atoms with Crippen molar-refractivity contribution >= 4 is 5.91 Å². The van der Waals surface area contributed by atoms with Gasteiger partial charge >= 0.3 is 0 Å². The summed E-state index contributed by atoms with van der Waals surface area (Å²) in [6.45, 7) is 3.16. The number of pyridine rings is 1. The van der Waals surface area contributed by atoms with Crippen molar-refractivity contribution in [3.05, 3.63) is 59.4 Å². The Hall–Kier alpha value is -2.40. The molecule has 5 heteroatoms. The van der Waals surface area contributed by atoms with Gasteiger partial charge in [0.15, 0.2) is 0 Å². The first-order valence-electron chi connectivity index (χ1n) is 11.7. The number of hydrogen-bond acceptors (Lipinski definition) is 4. The van der Waals surface area contributed by atoms with Crippen LogP contribution >= 0.6 is 0 Å². The molecule has 2 aliphatic rings. The van der Waals surface area contributed by atoms with Gasteiger partial charge in [-0.3, -0.25) is 9.78 Å². The maximum Gasteiger partial charge on any atom is 0.223 e. The lowest BCUT2D eigenvalue weighted by atomic mass is 9.80. The number of fused-ring (bicyclic) bond motifs is 1. The SMILES string of the molecule is COc1ccc2c(c1)CCCC2CC(=O)N(C)C1CCN(CCc2ccccn2)CC1. The quantitative estimate of drug-likeness (QED) is 0.676. The van der Waals surface area contributed by atoms with Gasteiger partial charge in [-0.2, -0.15) is 0 Å². The van der Waals surface area contributed by atoms with Gasteiger partial charge in [-0.15, -0.1) is 0 Å². The molecule has 5 nitrogen and oxygen atoms in total. The Kier molecular flexibility index (Phi) is 7.23. The molecule has 1 aromatic heterocycles. The van der Waals surface area contributed by atoms with Crippen LogP contribution in [0.25, 0.3) is 0 Å². The average molecular weight is 422 g/mol. The number of ether oxygens (including phenoxy) is 1. The van der Waals surface area contributed by atoms with Gasteiger partial charge in [-0.1, -0.05) is 12.1 Å². The number of carbonyl (C=O) groups excluding carboxylic acids is 1. The highest BCUT2D eigenvalue weighted by Crippen LogP contribution is 2.36. The smallest absolute Gasteiger partial charge is 0.223 e. The highest BCUT2D eigenvalue weighted by Gasteiger charge is 2.29. The summed E-state index contributed by atoms with van der Waals surface area (Å²) in [7, 11) is 3.72. The van der Waals surface area contributed by atoms with Gasteiger partial charge in [-0.25, -0.2) is 0 Å². The van der Waals surface area contributed by atoms with E-state index in [2.05, 4.69) is 34.1 Å². The largest absolute Gasteiger partial charge is 0.497 e. The number of amides is 1. The molecule has 4 rings (SSSR count). The third-order valence-corrected chi connectivity index (χ3v) is 7.12. The fraction of sp³-hybridized carbons (Fsp3) is 0.538. The second-order valence-corrected chi connectivity index (χ2v) is 9.01. The van der Waals surface area contributed by atoms with Gasteiger partial charge in [0.05, 0.1) is 7.11 Å². The Labute approximate surface area is 186 Å². The van der Waals surface area contributed by atoms with Crippen molar-refractivity contribution < 1.29 is 9.53 Å². The number of methoxy groups -OCH3 is 1. The summed E-state index contributed by atoms with van der Waals surface area (Å²) in [6, 6.07) is 12.8. The molecule has 1 aliphatic heterocycles. The minimum absolute atomic E-state index is 0.292. The molecule has 0 saturated carbocycles. The van der Waals surface area contributed by atoms with Crippen LogP contribution in [0.2, 0.25) is 0 Å². The maximum atomic E-state index is 13.1. The van der Waals surface area contributed by atoms with Crippen LogP contribution in [-0.4, -0.2) is 60.5 Å². The van der Waals surface area contributed by atoms with Crippen LogP contribution in [-0.2, 0) is 17.6 Å². The first kappa shape index (κ1) is 21.8. The van der Waals surface area contributed by atoms with Crippen LogP contribution in [0.3, 0.4) is 0 Å². The summed E-state index contributed by atoms with van der Waals surface area (Å²) < 4.78 is 5.38. The predicted molar refractivity (Wildman–Crippen MR) is 123 cm³/mol. The second-order valence-electron chi connectivity index (χ2n) is 9.01. The Morgan fingerprint density at radius 1 is 1.19 bits per heavy atom. The number of hydrogen-bond donors (Lipinski definition) is 0. The molecule has 1 saturated heterocycles. The van der Waals surface area contributed by atoms with Crippen LogP contribution < -0.4 is 4.74 Å². The molecular weight excluding hydrogens is 386 g/mol. The number of aromatic nitrogens is 1. The topological polar surface area (TPSA) is 45.7 Å². The number of benzene rings is 1. The summed E-state index contributed by atoms with van der Waals surface area (Å²) >= 11 is 0. The fourth-order valence-corrected chi connectivity index (χ4v) is 5.14. The Morgan fingerprint density at radius 3 is 2.77 bits per heavy atom. The van der Waals surface area contributed by atoms with Gasteiger partial charge in [0.25, 0.3) is 0 Å². The molecule has 1 atom stereocenters. The van der Waals surface area contributed by atoms with E-state index < -0.39 is 0 Å². The zero-order valence-corrected chi connectivity index (χ0v) is 18.9. The lowest BCUT2D eigenvalue weighted by Gasteiger charge is -2.37. The number of piperidine rings is 1. The standard InChI is InChI=1S/C26H35N3O2/c1-28(23-12-16-29(17-13-23)15-11-22-8-3-4-14-27-22)26(30)19-21-7-5-6-20-18-24(31-2)9-10-25(20)21/h3-4,8-10,14,18,21,23H,5-7,11-13,15-17,19H2,1-2H3. The van der Waals surface area contributed by atoms with Gasteiger partial charge in [0.1, 0.15) is 5.75 Å². The van der Waals surface area contributed by atoms with E-state index in [0.29, 0.717) is 24.3 Å². The Balaban J connectivity index is 1.27. The van der Waals surface area contributed by atoms with Crippen molar-refractivity contribution in [1.82, 2.24) is 14.8 Å². The summed E-state index contributed by atoms with van der Waals surface area (Å²) in [5.74, 6) is 1.54. The van der Waals surface area contributed by atoms with E-state index >= 15 is 0 Å². The molecule has 1 fully saturated rings. The number of carbonyl (C=O) groups is 1. The van der Waals surface area contributed by atoms with Crippen molar-refractivity contribution in [2.45, 2.75) is 56.9 Å². The van der Waals surface area contributed by atoms with Gasteiger partial charge in [-0.05, 0) is 73.4 Å². The van der Waals surface area contributed by atoms with Crippen molar-refractivity contribution in [3.63, 3.8) is 0 Å². The number of aryl methyl sites for hydroxylation is 1. The lowest BCUT2D eigenvalue weighted by molar-refractivity contribution is -0.133. The predicted octanol–water partition coefficient (Wildman–Crippen LogP) is 4.07. The highest BCUT2D eigenvalue weighted by atomic mass is 16.5. The summed E-state index contributed by atoms with van der Waals surface area (Å²) in [5.41, 5.74) is 3.85. The number of nitrogens with zero attached hydrogens (tertiary/aromatic N) is 3. The molecule has 0 spiro atoms. The molecule has 0 bridgehead atoms. The molecule has 2 heterocycles. The summed E-state index contributed by atoms with van der Waals surface area (Å²) in [5, 5.41) is 0. The van der Waals surface area contributed by atoms with Crippen LogP contribution in [0.4, 0.5) is 0 Å². The monoisotopic (exact) mass is 421 g/mol. The van der Waals surface area contributed by atoms with Crippen molar-refractivity contribution in [3.8, 4) is 5.75 Å². The first-order chi connectivity index (χ1) is 15.1. The Bertz CT molecular complexity index is 862. The molecule has 31 heavy (non-hydrogen) atoms. The molecule has 1 unspecified atom stereocenters. The van der Waals surface area contributed by atoms with Crippen molar-refractivity contribution in [1.29, 1.82) is 0 Å². The molecule has 1 amide bonds. The minimum atomic E-state index is 0.292. The summed E-state index contributed by atoms with van der Waals surface area (Å²) in [6.07, 6.45) is 8.93. The van der Waals surface area contributed by atoms with Crippen LogP contribution in [0.5, 0.6) is 5.75 Å². The maximum absolute atomic E-state index is 13.1. The molecular formula is C26H35N3O2. The van der Waals surface area contributed by atoms with E-state index in [1.807, 2.05) is 30.3 Å². The van der Waals surface area contributed by atoms with Crippen molar-refractivity contribution in [2.24, 2.45) is 0 Å². The lowest BCUT2D eigenvalue weighted by Crippen LogP contribution is -2.46. The molecule has 1 aliphatic carbocycles. The van der Waals surface area contributed by atoms with E-state index in [0.717, 1.165) is 69.6 Å². The van der Waals surface area contributed by atoms with E-state index in [9.17, 15) is 4.79 Å². The van der Waals surface area contributed by atoms with Gasteiger partial charge in [0.2, 0.25) is 5.91 Å². The second kappa shape index (κ2) is 10.3. The Morgan fingerprint density at radius 2 is 2.03 bits per heavy atom. The van der Waals surface area contributed by atoms with E-state index in [1.165, 1.54) is 11.1 Å². The van der Waals surface area contributed by atoms with Crippen LogP contribution in [0.1, 0.15) is 54.8 Å². The normalized spacial score (nSPS) is 19.6. The number of likely N-dealkylation sites (tertiary alicyclic amines) is 1. The van der Waals surface area contributed by atoms with Gasteiger partial charge < -0.3 is 14.5 Å². The minimum Gasteiger partial charge on any atom is -0.497 e.